The molecule has 13 heavy (non-hydrogen) atoms. The number of halogens is 1. The van der Waals surface area contributed by atoms with Crippen molar-refractivity contribution in [3.05, 3.63) is 0 Å². The van der Waals surface area contributed by atoms with Gasteiger partial charge in [-0.1, -0.05) is 19.3 Å². The van der Waals surface area contributed by atoms with Gasteiger partial charge in [-0.25, -0.2) is 0 Å². The monoisotopic (exact) mass is 205 g/mol. The Hall–Kier alpha value is 0.210. The summed E-state index contributed by atoms with van der Waals surface area (Å²) in [6.07, 6.45) is 8.73. The third-order valence-electron chi connectivity index (χ3n) is 3.30. The second kappa shape index (κ2) is 4.63. The molecular weight excluding hydrogens is 186 g/mol. The van der Waals surface area contributed by atoms with E-state index in [-0.39, 0.29) is 18.0 Å². The molecule has 1 aliphatic carbocycles. The Balaban J connectivity index is 0.000000845. The lowest BCUT2D eigenvalue weighted by Gasteiger charge is -2.42. The first-order chi connectivity index (χ1) is 5.81. The highest BCUT2D eigenvalue weighted by molar-refractivity contribution is 5.85. The SMILES string of the molecule is Cl.NC1CCOC2(CCCCC2)C1. The molecule has 1 aliphatic heterocycles. The van der Waals surface area contributed by atoms with Crippen molar-refractivity contribution in [2.24, 2.45) is 5.73 Å². The summed E-state index contributed by atoms with van der Waals surface area (Å²) in [7, 11) is 0. The van der Waals surface area contributed by atoms with Crippen LogP contribution >= 0.6 is 12.4 Å². The summed E-state index contributed by atoms with van der Waals surface area (Å²) in [5, 5.41) is 0. The molecule has 1 heterocycles. The molecule has 1 saturated heterocycles. The van der Waals surface area contributed by atoms with E-state index in [1.165, 1.54) is 32.1 Å². The molecule has 0 amide bonds. The Labute approximate surface area is 86.6 Å². The highest BCUT2D eigenvalue weighted by Crippen LogP contribution is 2.37. The van der Waals surface area contributed by atoms with Gasteiger partial charge in [-0.15, -0.1) is 12.4 Å². The zero-order valence-corrected chi connectivity index (χ0v) is 8.94. The summed E-state index contributed by atoms with van der Waals surface area (Å²) >= 11 is 0. The van der Waals surface area contributed by atoms with Gasteiger partial charge in [0.15, 0.2) is 0 Å². The number of ether oxygens (including phenoxy) is 1. The predicted octanol–water partition coefficient (Wildman–Crippen LogP) is 2.25. The zero-order chi connectivity index (χ0) is 8.44. The molecule has 2 N–H and O–H groups in total. The molecule has 3 heteroatoms. The molecule has 78 valence electrons. The lowest BCUT2D eigenvalue weighted by atomic mass is 9.78. The smallest absolute Gasteiger partial charge is 0.0697 e. The first-order valence-corrected chi connectivity index (χ1v) is 5.20. The molecular formula is C10H20ClNO. The molecule has 0 aromatic heterocycles. The third kappa shape index (κ3) is 2.58. The minimum Gasteiger partial charge on any atom is -0.375 e. The average molecular weight is 206 g/mol. The second-order valence-electron chi connectivity index (χ2n) is 4.35. The van der Waals surface area contributed by atoms with Crippen molar-refractivity contribution in [3.8, 4) is 0 Å². The molecule has 1 atom stereocenters. The van der Waals surface area contributed by atoms with Crippen LogP contribution in [0.2, 0.25) is 0 Å². The maximum atomic E-state index is 5.96. The van der Waals surface area contributed by atoms with Crippen molar-refractivity contribution in [1.29, 1.82) is 0 Å². The molecule has 1 unspecified atom stereocenters. The van der Waals surface area contributed by atoms with Crippen LogP contribution in [0.15, 0.2) is 0 Å². The third-order valence-corrected chi connectivity index (χ3v) is 3.30. The zero-order valence-electron chi connectivity index (χ0n) is 8.13. The van der Waals surface area contributed by atoms with Gasteiger partial charge in [0.25, 0.3) is 0 Å². The summed E-state index contributed by atoms with van der Waals surface area (Å²) < 4.78 is 5.90. The number of rotatable bonds is 0. The molecule has 1 saturated carbocycles. The standard InChI is InChI=1S/C10H19NO.ClH/c11-9-4-7-12-10(8-9)5-2-1-3-6-10;/h9H,1-8,11H2;1H. The maximum Gasteiger partial charge on any atom is 0.0697 e. The lowest BCUT2D eigenvalue weighted by molar-refractivity contribution is -0.105. The number of nitrogens with two attached hydrogens (primary N) is 1. The van der Waals surface area contributed by atoms with E-state index in [0.29, 0.717) is 6.04 Å². The normalized spacial score (nSPS) is 32.5. The number of hydrogen-bond acceptors (Lipinski definition) is 2. The molecule has 0 bridgehead atoms. The van der Waals surface area contributed by atoms with E-state index in [2.05, 4.69) is 0 Å². The molecule has 0 radical (unpaired) electrons. The van der Waals surface area contributed by atoms with Crippen LogP contribution in [-0.2, 0) is 4.74 Å². The van der Waals surface area contributed by atoms with Gasteiger partial charge in [0.2, 0.25) is 0 Å². The molecule has 0 aromatic carbocycles. The van der Waals surface area contributed by atoms with Crippen molar-refractivity contribution < 1.29 is 4.74 Å². The summed E-state index contributed by atoms with van der Waals surface area (Å²) in [4.78, 5) is 0. The Bertz CT molecular complexity index is 151. The fourth-order valence-electron chi connectivity index (χ4n) is 2.61. The van der Waals surface area contributed by atoms with Gasteiger partial charge in [-0.3, -0.25) is 0 Å². The quantitative estimate of drug-likeness (QED) is 0.659. The van der Waals surface area contributed by atoms with Crippen LogP contribution in [-0.4, -0.2) is 18.2 Å². The fourth-order valence-corrected chi connectivity index (χ4v) is 2.61. The minimum absolute atomic E-state index is 0. The Morgan fingerprint density at radius 3 is 2.46 bits per heavy atom. The van der Waals surface area contributed by atoms with E-state index in [0.717, 1.165) is 19.4 Å². The van der Waals surface area contributed by atoms with E-state index < -0.39 is 0 Å². The van der Waals surface area contributed by atoms with Crippen molar-refractivity contribution >= 4 is 12.4 Å². The highest BCUT2D eigenvalue weighted by Gasteiger charge is 2.37. The van der Waals surface area contributed by atoms with E-state index in [9.17, 15) is 0 Å². The van der Waals surface area contributed by atoms with E-state index in [1.54, 1.807) is 0 Å². The van der Waals surface area contributed by atoms with Crippen molar-refractivity contribution in [2.45, 2.75) is 56.6 Å². The first-order valence-electron chi connectivity index (χ1n) is 5.20. The topological polar surface area (TPSA) is 35.2 Å². The minimum atomic E-state index is 0. The van der Waals surface area contributed by atoms with Crippen LogP contribution in [0.25, 0.3) is 0 Å². The van der Waals surface area contributed by atoms with Gasteiger partial charge in [0, 0.05) is 12.6 Å². The maximum absolute atomic E-state index is 5.96. The van der Waals surface area contributed by atoms with Crippen LogP contribution in [0.3, 0.4) is 0 Å². The van der Waals surface area contributed by atoms with Crippen molar-refractivity contribution in [3.63, 3.8) is 0 Å². The first kappa shape index (κ1) is 11.3. The van der Waals surface area contributed by atoms with Crippen LogP contribution in [0.4, 0.5) is 0 Å². The van der Waals surface area contributed by atoms with E-state index >= 15 is 0 Å². The van der Waals surface area contributed by atoms with Gasteiger partial charge in [-0.05, 0) is 25.7 Å². The number of hydrogen-bond donors (Lipinski definition) is 1. The molecule has 2 fully saturated rings. The summed E-state index contributed by atoms with van der Waals surface area (Å²) in [6.45, 7) is 0.890. The largest absolute Gasteiger partial charge is 0.375 e. The van der Waals surface area contributed by atoms with Gasteiger partial charge >= 0.3 is 0 Å². The van der Waals surface area contributed by atoms with Gasteiger partial charge in [0.05, 0.1) is 5.60 Å². The van der Waals surface area contributed by atoms with Gasteiger partial charge in [0.1, 0.15) is 0 Å². The summed E-state index contributed by atoms with van der Waals surface area (Å²) in [6, 6.07) is 0.400. The van der Waals surface area contributed by atoms with Crippen molar-refractivity contribution in [2.75, 3.05) is 6.61 Å². The Kier molecular flexibility index (Phi) is 4.02. The molecule has 2 rings (SSSR count). The molecule has 1 spiro atoms. The Morgan fingerprint density at radius 1 is 1.15 bits per heavy atom. The van der Waals surface area contributed by atoms with Crippen LogP contribution in [0, 0.1) is 0 Å². The van der Waals surface area contributed by atoms with Crippen molar-refractivity contribution in [1.82, 2.24) is 0 Å². The van der Waals surface area contributed by atoms with E-state index in [1.807, 2.05) is 0 Å². The van der Waals surface area contributed by atoms with Crippen LogP contribution in [0.5, 0.6) is 0 Å². The summed E-state index contributed by atoms with van der Waals surface area (Å²) in [5.74, 6) is 0. The van der Waals surface area contributed by atoms with Crippen LogP contribution < -0.4 is 5.73 Å². The van der Waals surface area contributed by atoms with Crippen LogP contribution in [0.1, 0.15) is 44.9 Å². The predicted molar refractivity (Wildman–Crippen MR) is 56.2 cm³/mol. The highest BCUT2D eigenvalue weighted by atomic mass is 35.5. The average Bonchev–Trinajstić information content (AvgIpc) is 2.05. The molecule has 2 aliphatic rings. The Morgan fingerprint density at radius 2 is 1.85 bits per heavy atom. The lowest BCUT2D eigenvalue weighted by Crippen LogP contribution is -2.46. The fraction of sp³-hybridized carbons (Fsp3) is 1.00. The summed E-state index contributed by atoms with van der Waals surface area (Å²) in [5.41, 5.74) is 6.16. The molecule has 0 aromatic rings. The molecule has 2 nitrogen and oxygen atoms in total. The second-order valence-corrected chi connectivity index (χ2v) is 4.35. The van der Waals surface area contributed by atoms with Gasteiger partial charge < -0.3 is 10.5 Å². The van der Waals surface area contributed by atoms with E-state index in [4.69, 9.17) is 10.5 Å². The van der Waals surface area contributed by atoms with Gasteiger partial charge in [-0.2, -0.15) is 0 Å².